The molecule has 0 aliphatic carbocycles. The van der Waals surface area contributed by atoms with Gasteiger partial charge in [0.05, 0.1) is 18.8 Å². The van der Waals surface area contributed by atoms with Crippen LogP contribution in [0.2, 0.25) is 0 Å². The fraction of sp³-hybridized carbons (Fsp3) is 0.550. The monoisotopic (exact) mass is 382 g/mol. The molecule has 2 aromatic rings. The smallest absolute Gasteiger partial charge is 0.224 e. The minimum Gasteiger partial charge on any atom is -0.342 e. The van der Waals surface area contributed by atoms with E-state index in [1.165, 1.54) is 6.33 Å². The first-order valence-corrected chi connectivity index (χ1v) is 9.91. The first-order valence-electron chi connectivity index (χ1n) is 9.91. The number of nitrogens with zero attached hydrogens (tertiary/aromatic N) is 6. The highest BCUT2D eigenvalue weighted by atomic mass is 16.2. The van der Waals surface area contributed by atoms with Crippen LogP contribution in [0, 0.1) is 5.41 Å². The zero-order valence-electron chi connectivity index (χ0n) is 16.0. The van der Waals surface area contributed by atoms with E-state index in [4.69, 9.17) is 0 Å². The molecule has 0 saturated carbocycles. The summed E-state index contributed by atoms with van der Waals surface area (Å²) < 4.78 is 1.69. The van der Waals surface area contributed by atoms with E-state index in [9.17, 15) is 9.59 Å². The van der Waals surface area contributed by atoms with Crippen molar-refractivity contribution >= 4 is 11.8 Å². The minimum atomic E-state index is 0.00383. The van der Waals surface area contributed by atoms with E-state index < -0.39 is 0 Å². The molecule has 2 amide bonds. The maximum Gasteiger partial charge on any atom is 0.224 e. The summed E-state index contributed by atoms with van der Waals surface area (Å²) in [5.74, 6) is 0.341. The Morgan fingerprint density at radius 3 is 2.93 bits per heavy atom. The van der Waals surface area contributed by atoms with Crippen molar-refractivity contribution in [1.29, 1.82) is 0 Å². The van der Waals surface area contributed by atoms with Crippen LogP contribution in [0.1, 0.15) is 37.8 Å². The molecule has 1 atom stereocenters. The van der Waals surface area contributed by atoms with Crippen LogP contribution >= 0.6 is 0 Å². The van der Waals surface area contributed by atoms with Crippen molar-refractivity contribution in [3.63, 3.8) is 0 Å². The number of hydrogen-bond acceptors (Lipinski definition) is 5. The number of amides is 2. The number of rotatable bonds is 5. The van der Waals surface area contributed by atoms with E-state index in [0.29, 0.717) is 32.5 Å². The van der Waals surface area contributed by atoms with Gasteiger partial charge < -0.3 is 9.80 Å². The molecule has 4 rings (SSSR count). The van der Waals surface area contributed by atoms with Crippen LogP contribution in [0.4, 0.5) is 0 Å². The number of likely N-dealkylation sites (tertiary alicyclic amines) is 2. The lowest BCUT2D eigenvalue weighted by Gasteiger charge is -2.48. The molecule has 148 valence electrons. The molecule has 2 aliphatic heterocycles. The molecule has 0 radical (unpaired) electrons. The van der Waals surface area contributed by atoms with Gasteiger partial charge in [0, 0.05) is 44.1 Å². The standard InChI is InChI=1S/C20H26N6O2/c27-18-5-8-20(14-25(18)12-17-4-1-2-9-22-17)7-3-10-24(13-20)19(28)6-11-26-16-21-15-23-26/h1-2,4,9,15-16H,3,5-8,10-14H2/t20-/m0/s1. The van der Waals surface area contributed by atoms with Gasteiger partial charge in [-0.05, 0) is 31.4 Å². The number of hydrogen-bond donors (Lipinski definition) is 0. The molecule has 4 heterocycles. The van der Waals surface area contributed by atoms with Gasteiger partial charge in [-0.1, -0.05) is 6.07 Å². The van der Waals surface area contributed by atoms with Crippen LogP contribution in [-0.2, 0) is 22.7 Å². The van der Waals surface area contributed by atoms with Gasteiger partial charge in [-0.3, -0.25) is 19.3 Å². The summed E-state index contributed by atoms with van der Waals surface area (Å²) in [4.78, 5) is 37.4. The quantitative estimate of drug-likeness (QED) is 0.782. The maximum atomic E-state index is 12.7. The predicted octanol–water partition coefficient (Wildman–Crippen LogP) is 1.49. The molecule has 8 nitrogen and oxygen atoms in total. The van der Waals surface area contributed by atoms with Gasteiger partial charge >= 0.3 is 0 Å². The highest BCUT2D eigenvalue weighted by molar-refractivity contribution is 5.78. The third kappa shape index (κ3) is 4.21. The average Bonchev–Trinajstić information content (AvgIpc) is 3.24. The van der Waals surface area contributed by atoms with Crippen LogP contribution in [0.3, 0.4) is 0 Å². The molecule has 2 saturated heterocycles. The van der Waals surface area contributed by atoms with E-state index in [1.807, 2.05) is 28.0 Å². The van der Waals surface area contributed by atoms with Gasteiger partial charge in [0.25, 0.3) is 0 Å². The molecule has 28 heavy (non-hydrogen) atoms. The predicted molar refractivity (Wildman–Crippen MR) is 102 cm³/mol. The first kappa shape index (κ1) is 18.6. The normalized spacial score (nSPS) is 22.6. The van der Waals surface area contributed by atoms with E-state index >= 15 is 0 Å². The second-order valence-electron chi connectivity index (χ2n) is 7.90. The van der Waals surface area contributed by atoms with Gasteiger partial charge in [-0.15, -0.1) is 0 Å². The van der Waals surface area contributed by atoms with Crippen molar-refractivity contribution in [3.05, 3.63) is 42.7 Å². The zero-order chi connectivity index (χ0) is 19.4. The van der Waals surface area contributed by atoms with E-state index in [2.05, 4.69) is 15.1 Å². The molecule has 2 aromatic heterocycles. The number of carbonyl (C=O) groups excluding carboxylic acids is 2. The topological polar surface area (TPSA) is 84.2 Å². The number of pyridine rings is 1. The fourth-order valence-corrected chi connectivity index (χ4v) is 4.40. The third-order valence-corrected chi connectivity index (χ3v) is 5.86. The number of aryl methyl sites for hydroxylation is 1. The molecule has 2 fully saturated rings. The summed E-state index contributed by atoms with van der Waals surface area (Å²) >= 11 is 0. The van der Waals surface area contributed by atoms with Crippen molar-refractivity contribution < 1.29 is 9.59 Å². The Morgan fingerprint density at radius 2 is 2.14 bits per heavy atom. The van der Waals surface area contributed by atoms with Gasteiger partial charge in [0.15, 0.2) is 0 Å². The maximum absolute atomic E-state index is 12.7. The molecule has 0 aromatic carbocycles. The minimum absolute atomic E-state index is 0.00383. The molecule has 8 heteroatoms. The summed E-state index contributed by atoms with van der Waals surface area (Å²) in [5.41, 5.74) is 0.911. The van der Waals surface area contributed by atoms with E-state index in [1.54, 1.807) is 17.2 Å². The molecule has 0 unspecified atom stereocenters. The Hall–Kier alpha value is -2.77. The SMILES string of the molecule is O=C(CCn1cncn1)N1CCC[C@]2(CCC(=O)N(Cc3ccccn3)C2)C1. The summed E-state index contributed by atoms with van der Waals surface area (Å²) in [6.07, 6.45) is 8.76. The molecular formula is C20H26N6O2. The lowest BCUT2D eigenvalue weighted by Crippen LogP contribution is -2.54. The molecular weight excluding hydrogens is 356 g/mol. The number of piperidine rings is 2. The van der Waals surface area contributed by atoms with Crippen molar-refractivity contribution in [2.24, 2.45) is 5.41 Å². The lowest BCUT2D eigenvalue weighted by atomic mass is 9.73. The third-order valence-electron chi connectivity index (χ3n) is 5.86. The second-order valence-corrected chi connectivity index (χ2v) is 7.90. The highest BCUT2D eigenvalue weighted by Crippen LogP contribution is 2.39. The zero-order valence-corrected chi connectivity index (χ0v) is 16.0. The van der Waals surface area contributed by atoms with Crippen molar-refractivity contribution in [3.8, 4) is 0 Å². The van der Waals surface area contributed by atoms with Crippen LogP contribution in [-0.4, -0.2) is 61.0 Å². The molecule has 0 N–H and O–H groups in total. The number of carbonyl (C=O) groups is 2. The molecule has 2 aliphatic rings. The van der Waals surface area contributed by atoms with Gasteiger partial charge in [-0.2, -0.15) is 5.10 Å². The van der Waals surface area contributed by atoms with Crippen molar-refractivity contribution in [1.82, 2.24) is 29.5 Å². The van der Waals surface area contributed by atoms with Crippen molar-refractivity contribution in [2.45, 2.75) is 45.2 Å². The summed E-state index contributed by atoms with van der Waals surface area (Å²) in [6, 6.07) is 5.78. The van der Waals surface area contributed by atoms with E-state index in [-0.39, 0.29) is 17.2 Å². The van der Waals surface area contributed by atoms with Gasteiger partial charge in [0.1, 0.15) is 12.7 Å². The Balaban J connectivity index is 1.39. The highest BCUT2D eigenvalue weighted by Gasteiger charge is 2.42. The Kier molecular flexibility index (Phi) is 5.36. The van der Waals surface area contributed by atoms with Crippen LogP contribution in [0.5, 0.6) is 0 Å². The van der Waals surface area contributed by atoms with E-state index in [0.717, 1.165) is 38.0 Å². The summed E-state index contributed by atoms with van der Waals surface area (Å²) in [6.45, 7) is 3.32. The van der Waals surface area contributed by atoms with Gasteiger partial charge in [0.2, 0.25) is 11.8 Å². The second kappa shape index (κ2) is 8.08. The largest absolute Gasteiger partial charge is 0.342 e. The fourth-order valence-electron chi connectivity index (χ4n) is 4.40. The van der Waals surface area contributed by atoms with Crippen LogP contribution in [0.25, 0.3) is 0 Å². The first-order chi connectivity index (χ1) is 13.6. The van der Waals surface area contributed by atoms with Crippen LogP contribution in [0.15, 0.2) is 37.1 Å². The van der Waals surface area contributed by atoms with Crippen LogP contribution < -0.4 is 0 Å². The molecule has 1 spiro atoms. The number of aromatic nitrogens is 4. The Bertz CT molecular complexity index is 809. The summed E-state index contributed by atoms with van der Waals surface area (Å²) in [7, 11) is 0. The molecule has 0 bridgehead atoms. The summed E-state index contributed by atoms with van der Waals surface area (Å²) in [5, 5.41) is 4.06. The van der Waals surface area contributed by atoms with Gasteiger partial charge in [-0.25, -0.2) is 4.98 Å². The Morgan fingerprint density at radius 1 is 1.21 bits per heavy atom. The lowest BCUT2D eigenvalue weighted by molar-refractivity contribution is -0.143. The Labute approximate surface area is 164 Å². The van der Waals surface area contributed by atoms with Crippen molar-refractivity contribution in [2.75, 3.05) is 19.6 Å². The average molecular weight is 382 g/mol.